The number of hydrogen-bond acceptors (Lipinski definition) is 4. The van der Waals surface area contributed by atoms with Crippen molar-refractivity contribution < 1.29 is 14.3 Å². The van der Waals surface area contributed by atoms with Gasteiger partial charge in [0.2, 0.25) is 0 Å². The number of H-pyrrole nitrogens is 1. The van der Waals surface area contributed by atoms with Gasteiger partial charge in [-0.1, -0.05) is 0 Å². The molecule has 0 saturated carbocycles. The Hall–Kier alpha value is -1.85. The van der Waals surface area contributed by atoms with Crippen LogP contribution in [0.4, 0.5) is 0 Å². The summed E-state index contributed by atoms with van der Waals surface area (Å²) >= 11 is 0. The molecule has 0 saturated heterocycles. The van der Waals surface area contributed by atoms with Crippen LogP contribution in [0.1, 0.15) is 12.6 Å². The molecule has 0 aromatic carbocycles. The molecule has 82 valence electrons. The van der Waals surface area contributed by atoms with Crippen LogP contribution in [0.5, 0.6) is 0 Å². The quantitative estimate of drug-likeness (QED) is 0.525. The number of carbonyl (C=O) groups excluding carboxylic acids is 2. The highest BCUT2D eigenvalue weighted by Gasteiger charge is 2.13. The van der Waals surface area contributed by atoms with E-state index in [-0.39, 0.29) is 6.61 Å². The molecule has 0 fully saturated rings. The molecule has 0 aliphatic heterocycles. The van der Waals surface area contributed by atoms with Gasteiger partial charge in [-0.15, -0.1) is 0 Å². The molecule has 0 aliphatic carbocycles. The Morgan fingerprint density at radius 3 is 3.00 bits per heavy atom. The third-order valence-electron chi connectivity index (χ3n) is 1.70. The zero-order valence-electron chi connectivity index (χ0n) is 8.45. The Bertz CT molecular complexity index is 321. The standard InChI is InChI=1S/C9H13N3O3/c1-2-15-9(14)8(13)11-4-3-7-5-10-6-12-7/h5-6H,2-4H2,1H3,(H,10,12)(H,11,13). The SMILES string of the molecule is CCOC(=O)C(=O)NCCc1cnc[nH]1. The Labute approximate surface area is 87.0 Å². The largest absolute Gasteiger partial charge is 0.459 e. The fourth-order valence-corrected chi connectivity index (χ4v) is 1.00. The summed E-state index contributed by atoms with van der Waals surface area (Å²) in [5, 5.41) is 2.44. The first-order valence-corrected chi connectivity index (χ1v) is 4.66. The van der Waals surface area contributed by atoms with Crippen molar-refractivity contribution in [2.45, 2.75) is 13.3 Å². The Balaban J connectivity index is 2.20. The van der Waals surface area contributed by atoms with Crippen molar-refractivity contribution in [3.63, 3.8) is 0 Å². The summed E-state index contributed by atoms with van der Waals surface area (Å²) in [5.74, 6) is -1.56. The highest BCUT2D eigenvalue weighted by molar-refractivity contribution is 6.32. The van der Waals surface area contributed by atoms with Crippen molar-refractivity contribution in [3.8, 4) is 0 Å². The Kier molecular flexibility index (Phi) is 4.33. The van der Waals surface area contributed by atoms with Gasteiger partial charge in [0.1, 0.15) is 0 Å². The third-order valence-corrected chi connectivity index (χ3v) is 1.70. The number of hydrogen-bond donors (Lipinski definition) is 2. The maximum absolute atomic E-state index is 11.0. The lowest BCUT2D eigenvalue weighted by molar-refractivity contribution is -0.154. The van der Waals surface area contributed by atoms with E-state index < -0.39 is 11.9 Å². The lowest BCUT2D eigenvalue weighted by atomic mass is 10.3. The minimum absolute atomic E-state index is 0.201. The zero-order chi connectivity index (χ0) is 11.1. The molecule has 1 aromatic heterocycles. The van der Waals surface area contributed by atoms with E-state index in [0.29, 0.717) is 13.0 Å². The predicted octanol–water partition coefficient (Wildman–Crippen LogP) is -0.369. The molecule has 1 amide bonds. The number of ether oxygens (including phenoxy) is 1. The number of carbonyl (C=O) groups is 2. The monoisotopic (exact) mass is 211 g/mol. The smallest absolute Gasteiger partial charge is 0.396 e. The van der Waals surface area contributed by atoms with Crippen LogP contribution in [0.2, 0.25) is 0 Å². The number of aromatic amines is 1. The fraction of sp³-hybridized carbons (Fsp3) is 0.444. The average molecular weight is 211 g/mol. The van der Waals surface area contributed by atoms with E-state index in [1.807, 2.05) is 0 Å². The van der Waals surface area contributed by atoms with Gasteiger partial charge in [-0.3, -0.25) is 4.79 Å². The molecule has 0 aliphatic rings. The lowest BCUT2D eigenvalue weighted by Gasteiger charge is -2.02. The van der Waals surface area contributed by atoms with Crippen LogP contribution in [-0.4, -0.2) is 35.0 Å². The molecule has 15 heavy (non-hydrogen) atoms. The summed E-state index contributed by atoms with van der Waals surface area (Å²) in [6, 6.07) is 0. The summed E-state index contributed by atoms with van der Waals surface area (Å²) in [6.45, 7) is 2.22. The second kappa shape index (κ2) is 5.79. The second-order valence-corrected chi connectivity index (χ2v) is 2.80. The van der Waals surface area contributed by atoms with Gasteiger partial charge in [-0.25, -0.2) is 9.78 Å². The lowest BCUT2D eigenvalue weighted by Crippen LogP contribution is -2.33. The molecule has 0 atom stereocenters. The fourth-order valence-electron chi connectivity index (χ4n) is 1.00. The highest BCUT2D eigenvalue weighted by Crippen LogP contribution is 1.90. The summed E-state index contributed by atoms with van der Waals surface area (Å²) < 4.78 is 4.52. The number of esters is 1. The van der Waals surface area contributed by atoms with Gasteiger partial charge in [0.05, 0.1) is 12.9 Å². The van der Waals surface area contributed by atoms with Crippen molar-refractivity contribution in [1.29, 1.82) is 0 Å². The average Bonchev–Trinajstić information content (AvgIpc) is 2.71. The topological polar surface area (TPSA) is 84.1 Å². The van der Waals surface area contributed by atoms with Gasteiger partial charge < -0.3 is 15.0 Å². The molecular weight excluding hydrogens is 198 g/mol. The van der Waals surface area contributed by atoms with Gasteiger partial charge in [-0.2, -0.15) is 0 Å². The molecule has 0 radical (unpaired) electrons. The molecule has 0 unspecified atom stereocenters. The van der Waals surface area contributed by atoms with E-state index in [1.165, 1.54) is 0 Å². The summed E-state index contributed by atoms with van der Waals surface area (Å²) in [7, 11) is 0. The number of imidazole rings is 1. The van der Waals surface area contributed by atoms with Crippen molar-refractivity contribution in [1.82, 2.24) is 15.3 Å². The van der Waals surface area contributed by atoms with Crippen LogP contribution in [0.3, 0.4) is 0 Å². The zero-order valence-corrected chi connectivity index (χ0v) is 8.45. The van der Waals surface area contributed by atoms with Crippen molar-refractivity contribution in [2.75, 3.05) is 13.2 Å². The maximum atomic E-state index is 11.0. The van der Waals surface area contributed by atoms with Crippen LogP contribution in [0, 0.1) is 0 Å². The predicted molar refractivity (Wildman–Crippen MR) is 51.9 cm³/mol. The number of aromatic nitrogens is 2. The molecular formula is C9H13N3O3. The van der Waals surface area contributed by atoms with Crippen LogP contribution >= 0.6 is 0 Å². The van der Waals surface area contributed by atoms with Crippen molar-refractivity contribution in [2.24, 2.45) is 0 Å². The third kappa shape index (κ3) is 3.80. The van der Waals surface area contributed by atoms with E-state index in [9.17, 15) is 9.59 Å². The van der Waals surface area contributed by atoms with Gasteiger partial charge in [-0.05, 0) is 6.92 Å². The summed E-state index contributed by atoms with van der Waals surface area (Å²) in [6.07, 6.45) is 3.82. The number of amides is 1. The first-order chi connectivity index (χ1) is 7.24. The van der Waals surface area contributed by atoms with Gasteiger partial charge in [0.25, 0.3) is 0 Å². The number of rotatable bonds is 4. The summed E-state index contributed by atoms with van der Waals surface area (Å²) in [5.41, 5.74) is 0.902. The molecule has 6 heteroatoms. The highest BCUT2D eigenvalue weighted by atomic mass is 16.5. The number of nitrogens with zero attached hydrogens (tertiary/aromatic N) is 1. The first kappa shape index (κ1) is 11.2. The molecule has 0 spiro atoms. The van der Waals surface area contributed by atoms with E-state index in [1.54, 1.807) is 19.4 Å². The molecule has 0 bridgehead atoms. The van der Waals surface area contributed by atoms with Crippen LogP contribution in [0.15, 0.2) is 12.5 Å². The van der Waals surface area contributed by atoms with Crippen molar-refractivity contribution in [3.05, 3.63) is 18.2 Å². The molecule has 1 rings (SSSR count). The van der Waals surface area contributed by atoms with Crippen molar-refractivity contribution >= 4 is 11.9 Å². The minimum Gasteiger partial charge on any atom is -0.459 e. The summed E-state index contributed by atoms with van der Waals surface area (Å²) in [4.78, 5) is 28.6. The van der Waals surface area contributed by atoms with Gasteiger partial charge in [0.15, 0.2) is 0 Å². The molecule has 1 heterocycles. The molecule has 6 nitrogen and oxygen atoms in total. The molecule has 2 N–H and O–H groups in total. The number of nitrogens with one attached hydrogen (secondary N) is 2. The first-order valence-electron chi connectivity index (χ1n) is 4.66. The molecule has 1 aromatic rings. The minimum atomic E-state index is -0.845. The van der Waals surface area contributed by atoms with Crippen LogP contribution < -0.4 is 5.32 Å². The van der Waals surface area contributed by atoms with E-state index in [2.05, 4.69) is 20.0 Å². The van der Waals surface area contributed by atoms with E-state index in [4.69, 9.17) is 0 Å². The van der Waals surface area contributed by atoms with Gasteiger partial charge in [0, 0.05) is 24.9 Å². The van der Waals surface area contributed by atoms with E-state index >= 15 is 0 Å². The second-order valence-electron chi connectivity index (χ2n) is 2.80. The van der Waals surface area contributed by atoms with Crippen LogP contribution in [0.25, 0.3) is 0 Å². The van der Waals surface area contributed by atoms with Gasteiger partial charge >= 0.3 is 11.9 Å². The normalized spacial score (nSPS) is 9.67. The Morgan fingerprint density at radius 2 is 2.40 bits per heavy atom. The van der Waals surface area contributed by atoms with E-state index in [0.717, 1.165) is 5.69 Å². The Morgan fingerprint density at radius 1 is 1.60 bits per heavy atom. The maximum Gasteiger partial charge on any atom is 0.396 e. The van der Waals surface area contributed by atoms with Crippen LogP contribution in [-0.2, 0) is 20.7 Å².